The van der Waals surface area contributed by atoms with Crippen LogP contribution in [0.15, 0.2) is 0 Å². The number of unbranched alkanes of at least 4 members (excludes halogenated alkanes) is 8. The van der Waals surface area contributed by atoms with Gasteiger partial charge in [-0.2, -0.15) is 0 Å². The number of hydrogen-bond acceptors (Lipinski definition) is 4. The van der Waals surface area contributed by atoms with Gasteiger partial charge in [0.2, 0.25) is 0 Å². The minimum Gasteiger partial charge on any atom is -0.330 e. The fourth-order valence-corrected chi connectivity index (χ4v) is 1.80. The van der Waals surface area contributed by atoms with E-state index < -0.39 is 0 Å². The van der Waals surface area contributed by atoms with Gasteiger partial charge in [-0.1, -0.05) is 58.3 Å². The quantitative estimate of drug-likeness (QED) is 0.324. The number of nitrogens with two attached hydrogens (primary N) is 4. The first kappa shape index (κ1) is 21.1. The average Bonchev–Trinajstić information content (AvgIpc) is 2.39. The second-order valence-electron chi connectivity index (χ2n) is 5.21. The van der Waals surface area contributed by atoms with Crippen molar-refractivity contribution >= 4 is 0 Å². The van der Waals surface area contributed by atoms with Crippen LogP contribution in [0.5, 0.6) is 0 Å². The van der Waals surface area contributed by atoms with Crippen LogP contribution in [-0.4, -0.2) is 19.3 Å². The summed E-state index contributed by atoms with van der Waals surface area (Å²) in [6.07, 6.45) is 13.5. The molecule has 0 saturated carbocycles. The van der Waals surface area contributed by atoms with E-state index in [1.54, 1.807) is 0 Å². The van der Waals surface area contributed by atoms with E-state index in [0.29, 0.717) is 0 Å². The Kier molecular flexibility index (Phi) is 22.4. The predicted octanol–water partition coefficient (Wildman–Crippen LogP) is 2.44. The van der Waals surface area contributed by atoms with E-state index in [1.165, 1.54) is 64.2 Å². The molecule has 0 aliphatic heterocycles. The molecule has 0 atom stereocenters. The molecule has 0 saturated heterocycles. The Morgan fingerprint density at radius 1 is 0.632 bits per heavy atom. The molecule has 4 heteroatoms. The van der Waals surface area contributed by atoms with Gasteiger partial charge in [0.25, 0.3) is 0 Å². The fraction of sp³-hybridized carbons (Fsp3) is 1.00. The largest absolute Gasteiger partial charge is 0.330 e. The van der Waals surface area contributed by atoms with Crippen molar-refractivity contribution in [2.24, 2.45) is 22.9 Å². The molecular weight excluding hydrogens is 236 g/mol. The van der Waals surface area contributed by atoms with Crippen LogP contribution in [0.25, 0.3) is 0 Å². The molecule has 0 bridgehead atoms. The summed E-state index contributed by atoms with van der Waals surface area (Å²) < 4.78 is 0. The number of hydrogen-bond donors (Lipinski definition) is 4. The molecule has 0 aromatic carbocycles. The first-order chi connectivity index (χ1) is 9.18. The third-order valence-electron chi connectivity index (χ3n) is 3.05. The van der Waals surface area contributed by atoms with E-state index in [-0.39, 0.29) is 6.17 Å². The van der Waals surface area contributed by atoms with Gasteiger partial charge in [-0.05, 0) is 32.4 Å². The van der Waals surface area contributed by atoms with E-state index in [1.807, 2.05) is 0 Å². The molecule has 8 N–H and O–H groups in total. The van der Waals surface area contributed by atoms with Gasteiger partial charge in [0.05, 0.1) is 6.17 Å². The van der Waals surface area contributed by atoms with Gasteiger partial charge in [0.15, 0.2) is 0 Å². The first-order valence-electron chi connectivity index (χ1n) is 8.10. The van der Waals surface area contributed by atoms with Gasteiger partial charge in [-0.15, -0.1) is 0 Å². The third kappa shape index (κ3) is 27.2. The summed E-state index contributed by atoms with van der Waals surface area (Å²) in [5, 5.41) is 0. The van der Waals surface area contributed by atoms with Gasteiger partial charge in [-0.25, -0.2) is 0 Å². The van der Waals surface area contributed by atoms with Crippen LogP contribution in [0.3, 0.4) is 0 Å². The van der Waals surface area contributed by atoms with E-state index in [0.717, 1.165) is 19.5 Å². The molecular formula is C15H38N4. The smallest absolute Gasteiger partial charge is 0.0520 e. The Morgan fingerprint density at radius 3 is 1.42 bits per heavy atom. The van der Waals surface area contributed by atoms with E-state index in [9.17, 15) is 0 Å². The molecule has 0 rings (SSSR count). The Hall–Kier alpha value is -0.160. The molecule has 0 aliphatic carbocycles. The molecule has 0 aliphatic rings. The molecule has 0 spiro atoms. The summed E-state index contributed by atoms with van der Waals surface area (Å²) in [6.45, 7) is 3.89. The average molecular weight is 274 g/mol. The van der Waals surface area contributed by atoms with E-state index >= 15 is 0 Å². The normalized spacial score (nSPS) is 10.4. The van der Waals surface area contributed by atoms with Crippen LogP contribution in [0, 0.1) is 0 Å². The van der Waals surface area contributed by atoms with Crippen molar-refractivity contribution in [3.8, 4) is 0 Å². The summed E-state index contributed by atoms with van der Waals surface area (Å²) in [6, 6.07) is 0. The maximum absolute atomic E-state index is 5.35. The lowest BCUT2D eigenvalue weighted by Crippen LogP contribution is -2.29. The molecule has 0 fully saturated rings. The van der Waals surface area contributed by atoms with Crippen molar-refractivity contribution in [3.63, 3.8) is 0 Å². The molecule has 0 radical (unpaired) electrons. The Bertz CT molecular complexity index is 132. The molecule has 0 heterocycles. The Morgan fingerprint density at radius 2 is 1.05 bits per heavy atom. The lowest BCUT2D eigenvalue weighted by Gasteiger charge is -2.02. The maximum atomic E-state index is 5.35. The van der Waals surface area contributed by atoms with E-state index in [2.05, 4.69) is 6.92 Å². The minimum absolute atomic E-state index is 0.0955. The highest BCUT2D eigenvalue weighted by molar-refractivity contribution is 4.50. The van der Waals surface area contributed by atoms with Crippen LogP contribution in [0.2, 0.25) is 0 Å². The lowest BCUT2D eigenvalue weighted by molar-refractivity contribution is 0.561. The van der Waals surface area contributed by atoms with Gasteiger partial charge in [-0.3, -0.25) is 0 Å². The van der Waals surface area contributed by atoms with Crippen molar-refractivity contribution in [2.45, 2.75) is 83.7 Å². The molecule has 0 aromatic heterocycles. The van der Waals surface area contributed by atoms with E-state index in [4.69, 9.17) is 22.9 Å². The lowest BCUT2D eigenvalue weighted by atomic mass is 10.1. The zero-order valence-electron chi connectivity index (χ0n) is 13.1. The van der Waals surface area contributed by atoms with Gasteiger partial charge in [0.1, 0.15) is 0 Å². The summed E-state index contributed by atoms with van der Waals surface area (Å²) in [5.41, 5.74) is 21.4. The van der Waals surface area contributed by atoms with Crippen LogP contribution >= 0.6 is 0 Å². The summed E-state index contributed by atoms with van der Waals surface area (Å²) >= 11 is 0. The van der Waals surface area contributed by atoms with Crippen LogP contribution < -0.4 is 22.9 Å². The van der Waals surface area contributed by atoms with Crippen molar-refractivity contribution in [1.29, 1.82) is 0 Å². The zero-order chi connectivity index (χ0) is 14.8. The molecule has 0 unspecified atom stereocenters. The van der Waals surface area contributed by atoms with Crippen LogP contribution in [-0.2, 0) is 0 Å². The molecule has 0 amide bonds. The van der Waals surface area contributed by atoms with Crippen molar-refractivity contribution in [1.82, 2.24) is 0 Å². The van der Waals surface area contributed by atoms with Gasteiger partial charge >= 0.3 is 0 Å². The second-order valence-corrected chi connectivity index (χ2v) is 5.21. The summed E-state index contributed by atoms with van der Waals surface area (Å²) in [7, 11) is 0. The first-order valence-corrected chi connectivity index (χ1v) is 8.10. The van der Waals surface area contributed by atoms with Crippen molar-refractivity contribution < 1.29 is 0 Å². The van der Waals surface area contributed by atoms with Crippen LogP contribution in [0.4, 0.5) is 0 Å². The fourth-order valence-electron chi connectivity index (χ4n) is 1.80. The van der Waals surface area contributed by atoms with Gasteiger partial charge < -0.3 is 22.9 Å². The second kappa shape index (κ2) is 20.2. The summed E-state index contributed by atoms with van der Waals surface area (Å²) in [4.78, 5) is 0. The summed E-state index contributed by atoms with van der Waals surface area (Å²) in [5.74, 6) is 0. The van der Waals surface area contributed by atoms with Crippen molar-refractivity contribution in [3.05, 3.63) is 0 Å². The van der Waals surface area contributed by atoms with Crippen LogP contribution in [0.1, 0.15) is 77.6 Å². The molecule has 118 valence electrons. The highest BCUT2D eigenvalue weighted by atomic mass is 14.8. The topological polar surface area (TPSA) is 104 Å². The third-order valence-corrected chi connectivity index (χ3v) is 3.05. The van der Waals surface area contributed by atoms with Crippen molar-refractivity contribution in [2.75, 3.05) is 13.1 Å². The highest BCUT2D eigenvalue weighted by Gasteiger charge is 1.92. The molecule has 0 aromatic rings. The zero-order valence-corrected chi connectivity index (χ0v) is 13.1. The Labute approximate surface area is 120 Å². The monoisotopic (exact) mass is 274 g/mol. The highest BCUT2D eigenvalue weighted by Crippen LogP contribution is 2.03. The standard InChI is InChI=1S/C8H20N2.C7H18N2/c9-7-5-3-1-2-4-6-8-10;1-2-3-4-5-6-7(8)9/h1-10H2;7H,2-6,8-9H2,1H3. The molecule has 19 heavy (non-hydrogen) atoms. The SMILES string of the molecule is CCCCCCC(N)N.NCCCCCCCCN. The minimum atomic E-state index is -0.0955. The molecule has 4 nitrogen and oxygen atoms in total. The maximum Gasteiger partial charge on any atom is 0.0520 e. The van der Waals surface area contributed by atoms with Gasteiger partial charge in [0, 0.05) is 0 Å². The predicted molar refractivity (Wildman–Crippen MR) is 86.7 cm³/mol. The number of rotatable bonds is 12. The Balaban J connectivity index is 0.